The Hall–Kier alpha value is -3.41. The molecule has 0 saturated carbocycles. The molecule has 0 radical (unpaired) electrons. The number of rotatable bonds is 5. The zero-order chi connectivity index (χ0) is 19.4. The molecular formula is C21H21N3O3. The van der Waals surface area contributed by atoms with Gasteiger partial charge >= 0.3 is 0 Å². The van der Waals surface area contributed by atoms with Crippen LogP contribution in [-0.4, -0.2) is 22.8 Å². The molecule has 1 N–H and O–H groups in total. The maximum absolute atomic E-state index is 12.3. The molecule has 1 heterocycles. The van der Waals surface area contributed by atoms with Crippen molar-refractivity contribution in [1.29, 1.82) is 0 Å². The first-order chi connectivity index (χ1) is 13.0. The van der Waals surface area contributed by atoms with Crippen molar-refractivity contribution in [2.45, 2.75) is 20.4 Å². The molecular weight excluding hydrogens is 342 g/mol. The van der Waals surface area contributed by atoms with E-state index in [4.69, 9.17) is 4.74 Å². The number of aromatic nitrogens is 2. The lowest BCUT2D eigenvalue weighted by Gasteiger charge is -2.10. The number of carbonyl (C=O) groups excluding carboxylic acids is 1. The standard InChI is InChI=1S/C21H21N3O3/c1-14-7-8-18(15(2)11-14)19-9-10-21(26)24(23-19)13-20(25)22-16-5-4-6-17(12-16)27-3/h4-12H,13H2,1-3H3,(H,22,25). The molecule has 3 rings (SSSR count). The minimum atomic E-state index is -0.337. The smallest absolute Gasteiger partial charge is 0.267 e. The van der Waals surface area contributed by atoms with Gasteiger partial charge < -0.3 is 10.1 Å². The van der Waals surface area contributed by atoms with Crippen molar-refractivity contribution in [3.8, 4) is 17.0 Å². The summed E-state index contributed by atoms with van der Waals surface area (Å²) in [6, 6.07) is 16.2. The molecule has 0 aliphatic rings. The highest BCUT2D eigenvalue weighted by atomic mass is 16.5. The Balaban J connectivity index is 1.82. The molecule has 6 heteroatoms. The van der Waals surface area contributed by atoms with Gasteiger partial charge in [0, 0.05) is 23.4 Å². The Labute approximate surface area is 157 Å². The monoisotopic (exact) mass is 363 g/mol. The maximum atomic E-state index is 12.3. The van der Waals surface area contributed by atoms with Crippen LogP contribution >= 0.6 is 0 Å². The number of benzene rings is 2. The van der Waals surface area contributed by atoms with Crippen molar-refractivity contribution >= 4 is 11.6 Å². The second-order valence-electron chi connectivity index (χ2n) is 6.31. The minimum absolute atomic E-state index is 0.172. The van der Waals surface area contributed by atoms with Gasteiger partial charge in [0.1, 0.15) is 12.3 Å². The van der Waals surface area contributed by atoms with Gasteiger partial charge in [0.2, 0.25) is 5.91 Å². The summed E-state index contributed by atoms with van der Waals surface area (Å²) in [5, 5.41) is 7.12. The number of methoxy groups -OCH3 is 1. The normalized spacial score (nSPS) is 10.5. The molecule has 0 fully saturated rings. The summed E-state index contributed by atoms with van der Waals surface area (Å²) in [6.45, 7) is 3.85. The molecule has 0 saturated heterocycles. The van der Waals surface area contributed by atoms with Crippen LogP contribution in [0.1, 0.15) is 11.1 Å². The second kappa shape index (κ2) is 7.86. The van der Waals surface area contributed by atoms with Crippen molar-refractivity contribution in [1.82, 2.24) is 9.78 Å². The summed E-state index contributed by atoms with van der Waals surface area (Å²) in [4.78, 5) is 24.5. The molecule has 27 heavy (non-hydrogen) atoms. The third-order valence-corrected chi connectivity index (χ3v) is 4.17. The molecule has 138 valence electrons. The Morgan fingerprint density at radius 2 is 1.93 bits per heavy atom. The van der Waals surface area contributed by atoms with Gasteiger partial charge in [-0.1, -0.05) is 29.8 Å². The van der Waals surface area contributed by atoms with E-state index < -0.39 is 0 Å². The summed E-state index contributed by atoms with van der Waals surface area (Å²) in [5.41, 5.74) is 4.07. The number of nitrogens with one attached hydrogen (secondary N) is 1. The zero-order valence-electron chi connectivity index (χ0n) is 15.5. The van der Waals surface area contributed by atoms with E-state index in [0.717, 1.165) is 16.7 Å². The van der Waals surface area contributed by atoms with Gasteiger partial charge in [0.05, 0.1) is 12.8 Å². The molecule has 2 aromatic carbocycles. The van der Waals surface area contributed by atoms with Crippen molar-refractivity contribution < 1.29 is 9.53 Å². The molecule has 1 aromatic heterocycles. The van der Waals surface area contributed by atoms with E-state index in [0.29, 0.717) is 17.1 Å². The van der Waals surface area contributed by atoms with Gasteiger partial charge in [-0.25, -0.2) is 4.68 Å². The van der Waals surface area contributed by atoms with Crippen LogP contribution in [0, 0.1) is 13.8 Å². The summed E-state index contributed by atoms with van der Waals surface area (Å²) in [7, 11) is 1.56. The number of amides is 1. The van der Waals surface area contributed by atoms with Crippen LogP contribution in [0.5, 0.6) is 5.75 Å². The zero-order valence-corrected chi connectivity index (χ0v) is 15.5. The fourth-order valence-corrected chi connectivity index (χ4v) is 2.84. The van der Waals surface area contributed by atoms with E-state index in [-0.39, 0.29) is 18.0 Å². The number of ether oxygens (including phenoxy) is 1. The summed E-state index contributed by atoms with van der Waals surface area (Å²) in [5.74, 6) is 0.301. The predicted molar refractivity (Wildman–Crippen MR) is 105 cm³/mol. The highest BCUT2D eigenvalue weighted by molar-refractivity contribution is 5.90. The highest BCUT2D eigenvalue weighted by Gasteiger charge is 2.10. The quantitative estimate of drug-likeness (QED) is 0.756. The number of hydrogen-bond acceptors (Lipinski definition) is 4. The summed E-state index contributed by atoms with van der Waals surface area (Å²) >= 11 is 0. The van der Waals surface area contributed by atoms with Crippen molar-refractivity contribution in [2.24, 2.45) is 0 Å². The van der Waals surface area contributed by atoms with Crippen LogP contribution in [0.3, 0.4) is 0 Å². The van der Waals surface area contributed by atoms with E-state index in [2.05, 4.69) is 16.5 Å². The highest BCUT2D eigenvalue weighted by Crippen LogP contribution is 2.21. The molecule has 0 aliphatic heterocycles. The molecule has 0 atom stereocenters. The van der Waals surface area contributed by atoms with Gasteiger partial charge in [-0.15, -0.1) is 0 Å². The topological polar surface area (TPSA) is 73.2 Å². The van der Waals surface area contributed by atoms with E-state index in [1.807, 2.05) is 26.0 Å². The van der Waals surface area contributed by atoms with E-state index in [9.17, 15) is 9.59 Å². The lowest BCUT2D eigenvalue weighted by molar-refractivity contribution is -0.117. The largest absolute Gasteiger partial charge is 0.497 e. The molecule has 0 aliphatic carbocycles. The molecule has 3 aromatic rings. The lowest BCUT2D eigenvalue weighted by atomic mass is 10.0. The SMILES string of the molecule is COc1cccc(NC(=O)Cn2nc(-c3ccc(C)cc3C)ccc2=O)c1. The van der Waals surface area contributed by atoms with E-state index >= 15 is 0 Å². The molecule has 1 amide bonds. The molecule has 0 bridgehead atoms. The van der Waals surface area contributed by atoms with Crippen LogP contribution in [0.25, 0.3) is 11.3 Å². The number of anilines is 1. The fourth-order valence-electron chi connectivity index (χ4n) is 2.84. The Morgan fingerprint density at radius 3 is 2.67 bits per heavy atom. The summed E-state index contributed by atoms with van der Waals surface area (Å²) < 4.78 is 6.31. The van der Waals surface area contributed by atoms with Crippen LogP contribution in [0.2, 0.25) is 0 Å². The average Bonchev–Trinajstić information content (AvgIpc) is 2.64. The van der Waals surface area contributed by atoms with Gasteiger partial charge in [0.15, 0.2) is 0 Å². The Bertz CT molecular complexity index is 1040. The minimum Gasteiger partial charge on any atom is -0.497 e. The Kier molecular flexibility index (Phi) is 5.35. The van der Waals surface area contributed by atoms with Gasteiger partial charge in [-0.3, -0.25) is 9.59 Å². The summed E-state index contributed by atoms with van der Waals surface area (Å²) in [6.07, 6.45) is 0. The number of carbonyl (C=O) groups is 1. The van der Waals surface area contributed by atoms with Crippen molar-refractivity contribution in [3.63, 3.8) is 0 Å². The van der Waals surface area contributed by atoms with Crippen molar-refractivity contribution in [3.05, 3.63) is 76.1 Å². The molecule has 0 spiro atoms. The first-order valence-corrected chi connectivity index (χ1v) is 8.56. The third-order valence-electron chi connectivity index (χ3n) is 4.17. The molecule has 6 nitrogen and oxygen atoms in total. The van der Waals surface area contributed by atoms with Crippen LogP contribution in [0.15, 0.2) is 59.4 Å². The first kappa shape index (κ1) is 18.4. The lowest BCUT2D eigenvalue weighted by Crippen LogP contribution is -2.29. The van der Waals surface area contributed by atoms with Gasteiger partial charge in [0.25, 0.3) is 5.56 Å². The van der Waals surface area contributed by atoms with E-state index in [1.54, 1.807) is 37.4 Å². The fraction of sp³-hybridized carbons (Fsp3) is 0.190. The van der Waals surface area contributed by atoms with E-state index in [1.165, 1.54) is 10.7 Å². The van der Waals surface area contributed by atoms with Crippen LogP contribution in [0.4, 0.5) is 5.69 Å². The number of hydrogen-bond donors (Lipinski definition) is 1. The number of aryl methyl sites for hydroxylation is 2. The third kappa shape index (κ3) is 4.41. The average molecular weight is 363 g/mol. The number of nitrogens with zero attached hydrogens (tertiary/aromatic N) is 2. The van der Waals surface area contributed by atoms with Gasteiger partial charge in [-0.05, 0) is 37.6 Å². The first-order valence-electron chi connectivity index (χ1n) is 8.56. The predicted octanol–water partition coefficient (Wildman–Crippen LogP) is 3.17. The van der Waals surface area contributed by atoms with Crippen LogP contribution < -0.4 is 15.6 Å². The Morgan fingerprint density at radius 1 is 1.11 bits per heavy atom. The second-order valence-corrected chi connectivity index (χ2v) is 6.31. The molecule has 0 unspecified atom stereocenters. The van der Waals surface area contributed by atoms with Crippen LogP contribution in [-0.2, 0) is 11.3 Å². The van der Waals surface area contributed by atoms with Gasteiger partial charge in [-0.2, -0.15) is 5.10 Å². The van der Waals surface area contributed by atoms with Crippen molar-refractivity contribution in [2.75, 3.05) is 12.4 Å². The maximum Gasteiger partial charge on any atom is 0.267 e.